The number of hydrogen-bond acceptors (Lipinski definition) is 3. The Morgan fingerprint density at radius 1 is 1.21 bits per heavy atom. The first-order chi connectivity index (χ1) is 13.5. The molecule has 9 heteroatoms. The van der Waals surface area contributed by atoms with Crippen molar-refractivity contribution in [3.8, 4) is 0 Å². The lowest BCUT2D eigenvalue weighted by Crippen LogP contribution is -2.44. The standard InChI is InChI=1S/C20H23F2N5O.HI/c1-24-20(25-11-13-5-7-14(8-6-13)19(23)28)26-15-9-10-27(12-15)18-16(21)3-2-4-17(18)22;/h2-8,15H,9-12H2,1H3,(H2,23,28)(H2,24,25,26);1H. The third kappa shape index (κ3) is 5.78. The van der Waals surface area contributed by atoms with E-state index in [-0.39, 0.29) is 35.7 Å². The van der Waals surface area contributed by atoms with Crippen LogP contribution in [0.25, 0.3) is 0 Å². The summed E-state index contributed by atoms with van der Waals surface area (Å²) >= 11 is 0. The number of nitrogens with two attached hydrogens (primary N) is 1. The van der Waals surface area contributed by atoms with Crippen molar-refractivity contribution < 1.29 is 13.6 Å². The van der Waals surface area contributed by atoms with Gasteiger partial charge in [0.1, 0.15) is 17.3 Å². The monoisotopic (exact) mass is 515 g/mol. The van der Waals surface area contributed by atoms with Gasteiger partial charge < -0.3 is 21.3 Å². The summed E-state index contributed by atoms with van der Waals surface area (Å²) < 4.78 is 28.0. The Labute approximate surface area is 185 Å². The molecule has 3 rings (SSSR count). The summed E-state index contributed by atoms with van der Waals surface area (Å²) in [6, 6.07) is 10.9. The first-order valence-electron chi connectivity index (χ1n) is 9.03. The van der Waals surface area contributed by atoms with E-state index in [0.29, 0.717) is 31.2 Å². The number of halogens is 3. The topological polar surface area (TPSA) is 82.7 Å². The number of aliphatic imine (C=N–C) groups is 1. The predicted octanol–water partition coefficient (Wildman–Crippen LogP) is 2.63. The van der Waals surface area contributed by atoms with Gasteiger partial charge in [-0.1, -0.05) is 18.2 Å². The zero-order valence-electron chi connectivity index (χ0n) is 16.0. The molecule has 0 saturated carbocycles. The molecule has 1 aliphatic heterocycles. The molecule has 29 heavy (non-hydrogen) atoms. The van der Waals surface area contributed by atoms with E-state index in [1.807, 2.05) is 12.1 Å². The van der Waals surface area contributed by atoms with Gasteiger partial charge in [0.05, 0.1) is 0 Å². The molecule has 1 aliphatic rings. The third-order valence-electron chi connectivity index (χ3n) is 4.70. The third-order valence-corrected chi connectivity index (χ3v) is 4.70. The highest BCUT2D eigenvalue weighted by molar-refractivity contribution is 14.0. The van der Waals surface area contributed by atoms with E-state index < -0.39 is 17.5 Å². The van der Waals surface area contributed by atoms with Crippen LogP contribution in [0.3, 0.4) is 0 Å². The quantitative estimate of drug-likeness (QED) is 0.325. The van der Waals surface area contributed by atoms with Crippen LogP contribution in [-0.4, -0.2) is 38.0 Å². The molecule has 1 unspecified atom stereocenters. The van der Waals surface area contributed by atoms with Crippen molar-refractivity contribution in [3.63, 3.8) is 0 Å². The zero-order chi connectivity index (χ0) is 20.1. The maximum absolute atomic E-state index is 14.0. The highest BCUT2D eigenvalue weighted by atomic mass is 127. The van der Waals surface area contributed by atoms with E-state index in [4.69, 9.17) is 5.73 Å². The molecule has 0 bridgehead atoms. The molecule has 1 heterocycles. The van der Waals surface area contributed by atoms with Crippen molar-refractivity contribution in [2.24, 2.45) is 10.7 Å². The Morgan fingerprint density at radius 2 is 1.86 bits per heavy atom. The van der Waals surface area contributed by atoms with Gasteiger partial charge >= 0.3 is 0 Å². The van der Waals surface area contributed by atoms with Crippen molar-refractivity contribution in [3.05, 3.63) is 65.2 Å². The first kappa shape index (κ1) is 22.9. The van der Waals surface area contributed by atoms with Crippen LogP contribution in [0.2, 0.25) is 0 Å². The number of carbonyl (C=O) groups is 1. The van der Waals surface area contributed by atoms with E-state index in [0.717, 1.165) is 12.0 Å². The number of amides is 1. The van der Waals surface area contributed by atoms with Gasteiger partial charge in [-0.25, -0.2) is 8.78 Å². The minimum Gasteiger partial charge on any atom is -0.366 e. The molecule has 1 amide bonds. The second-order valence-corrected chi connectivity index (χ2v) is 6.63. The molecule has 2 aromatic rings. The van der Waals surface area contributed by atoms with E-state index >= 15 is 0 Å². The lowest BCUT2D eigenvalue weighted by atomic mass is 10.1. The van der Waals surface area contributed by atoms with Crippen molar-refractivity contribution in [1.82, 2.24) is 10.6 Å². The van der Waals surface area contributed by atoms with Crippen LogP contribution in [0.15, 0.2) is 47.5 Å². The van der Waals surface area contributed by atoms with Crippen molar-refractivity contribution in [2.45, 2.75) is 19.0 Å². The molecule has 0 aromatic heterocycles. The number of para-hydroxylation sites is 1. The van der Waals surface area contributed by atoms with E-state index in [2.05, 4.69) is 15.6 Å². The Hall–Kier alpha value is -2.43. The number of guanidine groups is 1. The summed E-state index contributed by atoms with van der Waals surface area (Å²) in [5, 5.41) is 6.48. The largest absolute Gasteiger partial charge is 0.366 e. The van der Waals surface area contributed by atoms with E-state index in [1.54, 1.807) is 24.1 Å². The maximum Gasteiger partial charge on any atom is 0.248 e. The second kappa shape index (κ2) is 10.4. The number of nitrogens with zero attached hydrogens (tertiary/aromatic N) is 2. The van der Waals surface area contributed by atoms with Crippen molar-refractivity contribution in [2.75, 3.05) is 25.0 Å². The molecule has 1 saturated heterocycles. The summed E-state index contributed by atoms with van der Waals surface area (Å²) in [7, 11) is 1.66. The average molecular weight is 515 g/mol. The van der Waals surface area contributed by atoms with Crippen molar-refractivity contribution >= 4 is 41.5 Å². The Balaban J connectivity index is 0.00000300. The van der Waals surface area contributed by atoms with Crippen LogP contribution < -0.4 is 21.3 Å². The summed E-state index contributed by atoms with van der Waals surface area (Å²) in [6.45, 7) is 1.55. The average Bonchev–Trinajstić information content (AvgIpc) is 3.13. The van der Waals surface area contributed by atoms with Crippen LogP contribution in [0, 0.1) is 11.6 Å². The van der Waals surface area contributed by atoms with E-state index in [9.17, 15) is 13.6 Å². The van der Waals surface area contributed by atoms with Gasteiger partial charge in [0.2, 0.25) is 5.91 Å². The minimum atomic E-state index is -0.553. The van der Waals surface area contributed by atoms with E-state index in [1.165, 1.54) is 18.2 Å². The molecule has 0 radical (unpaired) electrons. The SMILES string of the molecule is CN=C(NCc1ccc(C(N)=O)cc1)NC1CCN(c2c(F)cccc2F)C1.I. The zero-order valence-corrected chi connectivity index (χ0v) is 18.3. The fourth-order valence-corrected chi connectivity index (χ4v) is 3.23. The number of carbonyl (C=O) groups excluding carboxylic acids is 1. The molecular formula is C20H24F2IN5O. The number of hydrogen-bond donors (Lipinski definition) is 3. The fourth-order valence-electron chi connectivity index (χ4n) is 3.23. The number of primary amides is 1. The van der Waals surface area contributed by atoms with Crippen molar-refractivity contribution in [1.29, 1.82) is 0 Å². The summed E-state index contributed by atoms with van der Waals surface area (Å²) in [4.78, 5) is 17.0. The smallest absolute Gasteiger partial charge is 0.248 e. The lowest BCUT2D eigenvalue weighted by Gasteiger charge is -2.21. The normalized spacial score (nSPS) is 16.3. The number of benzene rings is 2. The van der Waals surface area contributed by atoms with Gasteiger partial charge in [0.25, 0.3) is 0 Å². The fraction of sp³-hybridized carbons (Fsp3) is 0.300. The Bertz CT molecular complexity index is 855. The van der Waals surface area contributed by atoms with Crippen LogP contribution in [0.5, 0.6) is 0 Å². The maximum atomic E-state index is 14.0. The Morgan fingerprint density at radius 3 is 2.45 bits per heavy atom. The van der Waals surface area contributed by atoms with Gasteiger partial charge in [-0.3, -0.25) is 9.79 Å². The molecule has 156 valence electrons. The molecule has 4 N–H and O–H groups in total. The lowest BCUT2D eigenvalue weighted by molar-refractivity contribution is 0.100. The molecule has 2 aromatic carbocycles. The Kier molecular flexibility index (Phi) is 8.18. The summed E-state index contributed by atoms with van der Waals surface area (Å²) in [6.07, 6.45) is 0.738. The first-order valence-corrected chi connectivity index (χ1v) is 9.03. The number of rotatable bonds is 5. The molecule has 6 nitrogen and oxygen atoms in total. The highest BCUT2D eigenvalue weighted by Crippen LogP contribution is 2.26. The van der Waals surface area contributed by atoms with Crippen LogP contribution in [0.1, 0.15) is 22.3 Å². The van der Waals surface area contributed by atoms with Gasteiger partial charge in [-0.15, -0.1) is 24.0 Å². The number of anilines is 1. The molecule has 1 fully saturated rings. The minimum absolute atomic E-state index is 0. The van der Waals surface area contributed by atoms with Crippen LogP contribution in [-0.2, 0) is 6.54 Å². The van der Waals surface area contributed by atoms with Crippen LogP contribution >= 0.6 is 24.0 Å². The summed E-state index contributed by atoms with van der Waals surface area (Å²) in [5.74, 6) is -0.973. The molecule has 0 spiro atoms. The van der Waals surface area contributed by atoms with Crippen LogP contribution in [0.4, 0.5) is 14.5 Å². The molecule has 1 atom stereocenters. The predicted molar refractivity (Wildman–Crippen MR) is 121 cm³/mol. The molecule has 0 aliphatic carbocycles. The van der Waals surface area contributed by atoms with Gasteiger partial charge in [-0.05, 0) is 36.2 Å². The summed E-state index contributed by atoms with van der Waals surface area (Å²) in [5.41, 5.74) is 6.68. The van der Waals surface area contributed by atoms with Gasteiger partial charge in [0, 0.05) is 38.3 Å². The number of nitrogens with one attached hydrogen (secondary N) is 2. The van der Waals surface area contributed by atoms with Gasteiger partial charge in [-0.2, -0.15) is 0 Å². The molecular weight excluding hydrogens is 491 g/mol. The second-order valence-electron chi connectivity index (χ2n) is 6.63. The highest BCUT2D eigenvalue weighted by Gasteiger charge is 2.27. The van der Waals surface area contributed by atoms with Gasteiger partial charge in [0.15, 0.2) is 5.96 Å².